The van der Waals surface area contributed by atoms with Gasteiger partial charge in [0.15, 0.2) is 0 Å². The molecule has 3 rings (SSSR count). The minimum atomic E-state index is -0.0220. The van der Waals surface area contributed by atoms with Gasteiger partial charge in [0.2, 0.25) is 5.91 Å². The van der Waals surface area contributed by atoms with Crippen LogP contribution < -0.4 is 10.1 Å². The average Bonchev–Trinajstić information content (AvgIpc) is 2.99. The third-order valence-corrected chi connectivity index (χ3v) is 4.57. The Balaban J connectivity index is 1.74. The molecule has 3 aromatic rings. The number of para-hydroxylation sites is 3. The fourth-order valence-electron chi connectivity index (χ4n) is 3.25. The van der Waals surface area contributed by atoms with Gasteiger partial charge in [0, 0.05) is 19.9 Å². The van der Waals surface area contributed by atoms with E-state index >= 15 is 0 Å². The van der Waals surface area contributed by atoms with Gasteiger partial charge in [0.1, 0.15) is 18.2 Å². The molecule has 0 aliphatic rings. The molecule has 0 aliphatic carbocycles. The number of carbonyl (C=O) groups is 1. The number of nitrogens with zero attached hydrogens (tertiary/aromatic N) is 2. The smallest absolute Gasteiger partial charge is 0.216 e. The van der Waals surface area contributed by atoms with Gasteiger partial charge in [0.05, 0.1) is 17.6 Å². The number of carbonyl (C=O) groups excluding carboxylic acids is 1. The van der Waals surface area contributed by atoms with Crippen molar-refractivity contribution in [1.29, 1.82) is 0 Å². The summed E-state index contributed by atoms with van der Waals surface area (Å²) in [6, 6.07) is 16.3. The van der Waals surface area contributed by atoms with Crippen LogP contribution in [0.15, 0.2) is 48.5 Å². The quantitative estimate of drug-likeness (QED) is 0.658. The number of imidazole rings is 1. The molecule has 27 heavy (non-hydrogen) atoms. The number of rotatable bonds is 8. The van der Waals surface area contributed by atoms with Crippen LogP contribution in [0.5, 0.6) is 5.75 Å². The van der Waals surface area contributed by atoms with Gasteiger partial charge in [-0.25, -0.2) is 4.98 Å². The first-order chi connectivity index (χ1) is 13.1. The second-order valence-corrected chi connectivity index (χ2v) is 6.94. The van der Waals surface area contributed by atoms with E-state index in [9.17, 15) is 4.79 Å². The van der Waals surface area contributed by atoms with E-state index in [2.05, 4.69) is 35.9 Å². The summed E-state index contributed by atoms with van der Waals surface area (Å²) in [5, 5.41) is 2.84. The summed E-state index contributed by atoms with van der Waals surface area (Å²) < 4.78 is 8.29. The lowest BCUT2D eigenvalue weighted by Crippen LogP contribution is -2.24. The second kappa shape index (κ2) is 8.71. The normalized spacial score (nSPS) is 11.1. The second-order valence-electron chi connectivity index (χ2n) is 6.94. The summed E-state index contributed by atoms with van der Waals surface area (Å²) >= 11 is 0. The highest BCUT2D eigenvalue weighted by molar-refractivity contribution is 5.76. The van der Waals surface area contributed by atoms with Crippen LogP contribution >= 0.6 is 0 Å². The van der Waals surface area contributed by atoms with E-state index in [-0.39, 0.29) is 5.91 Å². The van der Waals surface area contributed by atoms with Gasteiger partial charge < -0.3 is 14.6 Å². The molecular formula is C22H27N3O2. The number of ether oxygens (including phenoxy) is 1. The molecule has 0 unspecified atom stereocenters. The van der Waals surface area contributed by atoms with E-state index in [1.54, 1.807) is 0 Å². The monoisotopic (exact) mass is 365 g/mol. The Morgan fingerprint density at radius 2 is 1.89 bits per heavy atom. The Hall–Kier alpha value is -2.82. The summed E-state index contributed by atoms with van der Waals surface area (Å²) in [7, 11) is 0. The van der Waals surface area contributed by atoms with Crippen LogP contribution in [0.25, 0.3) is 11.0 Å². The summed E-state index contributed by atoms with van der Waals surface area (Å²) in [6.07, 6.45) is 0.691. The Bertz CT molecular complexity index is 915. The van der Waals surface area contributed by atoms with Crippen LogP contribution in [-0.4, -0.2) is 28.6 Å². The zero-order valence-electron chi connectivity index (χ0n) is 16.2. The van der Waals surface area contributed by atoms with Crippen molar-refractivity contribution in [1.82, 2.24) is 14.9 Å². The van der Waals surface area contributed by atoms with Gasteiger partial charge in [0.25, 0.3) is 0 Å². The Morgan fingerprint density at radius 1 is 1.15 bits per heavy atom. The van der Waals surface area contributed by atoms with Gasteiger partial charge in [-0.05, 0) is 29.7 Å². The molecule has 2 aromatic carbocycles. The lowest BCUT2D eigenvalue weighted by Gasteiger charge is -2.15. The number of aromatic nitrogens is 2. The Kier molecular flexibility index (Phi) is 6.12. The van der Waals surface area contributed by atoms with Crippen LogP contribution in [-0.2, 0) is 17.8 Å². The van der Waals surface area contributed by atoms with Gasteiger partial charge in [-0.15, -0.1) is 0 Å². The van der Waals surface area contributed by atoms with E-state index in [1.807, 2.05) is 36.4 Å². The first-order valence-electron chi connectivity index (χ1n) is 9.46. The maximum atomic E-state index is 11.1. The largest absolute Gasteiger partial charge is 0.491 e. The number of hydrogen-bond acceptors (Lipinski definition) is 3. The van der Waals surface area contributed by atoms with E-state index in [0.717, 1.165) is 22.6 Å². The Morgan fingerprint density at radius 3 is 2.67 bits per heavy atom. The topological polar surface area (TPSA) is 56.2 Å². The number of nitrogens with one attached hydrogen (secondary N) is 1. The highest BCUT2D eigenvalue weighted by atomic mass is 16.5. The zero-order chi connectivity index (χ0) is 19.2. The zero-order valence-corrected chi connectivity index (χ0v) is 16.2. The van der Waals surface area contributed by atoms with E-state index in [0.29, 0.717) is 32.0 Å². The fraction of sp³-hybridized carbons (Fsp3) is 0.364. The Labute approximate surface area is 160 Å². The summed E-state index contributed by atoms with van der Waals surface area (Å²) in [6.45, 7) is 7.73. The van der Waals surface area contributed by atoms with Gasteiger partial charge in [-0.1, -0.05) is 44.2 Å². The molecule has 1 aromatic heterocycles. The molecule has 5 nitrogen and oxygen atoms in total. The van der Waals surface area contributed by atoms with Crippen molar-refractivity contribution in [2.24, 2.45) is 0 Å². The first-order valence-corrected chi connectivity index (χ1v) is 9.46. The molecule has 1 N–H and O–H groups in total. The SMILES string of the molecule is CC(=O)NCCc1nc2ccccc2n1CCOc1ccccc1C(C)C. The summed E-state index contributed by atoms with van der Waals surface area (Å²) in [5.41, 5.74) is 3.29. The lowest BCUT2D eigenvalue weighted by molar-refractivity contribution is -0.118. The van der Waals surface area contributed by atoms with Crippen molar-refractivity contribution in [3.05, 3.63) is 59.9 Å². The summed E-state index contributed by atoms with van der Waals surface area (Å²) in [4.78, 5) is 15.9. The number of fused-ring (bicyclic) bond motifs is 1. The number of amides is 1. The third kappa shape index (κ3) is 4.67. The van der Waals surface area contributed by atoms with Crippen molar-refractivity contribution in [2.45, 2.75) is 39.7 Å². The molecule has 1 amide bonds. The molecule has 0 atom stereocenters. The molecule has 0 aliphatic heterocycles. The summed E-state index contributed by atoms with van der Waals surface area (Å²) in [5.74, 6) is 2.30. The van der Waals surface area contributed by atoms with Crippen molar-refractivity contribution in [2.75, 3.05) is 13.2 Å². The molecule has 1 heterocycles. The van der Waals surface area contributed by atoms with Crippen LogP contribution in [0.4, 0.5) is 0 Å². The molecule has 0 fully saturated rings. The molecule has 0 spiro atoms. The van der Waals surface area contributed by atoms with Crippen molar-refractivity contribution in [3.63, 3.8) is 0 Å². The van der Waals surface area contributed by atoms with Gasteiger partial charge in [-0.2, -0.15) is 0 Å². The van der Waals surface area contributed by atoms with Crippen molar-refractivity contribution >= 4 is 16.9 Å². The fourth-order valence-corrected chi connectivity index (χ4v) is 3.25. The van der Waals surface area contributed by atoms with Crippen LogP contribution in [0.1, 0.15) is 38.1 Å². The van der Waals surface area contributed by atoms with E-state index < -0.39 is 0 Å². The van der Waals surface area contributed by atoms with E-state index in [4.69, 9.17) is 9.72 Å². The molecule has 5 heteroatoms. The van der Waals surface area contributed by atoms with Crippen LogP contribution in [0.3, 0.4) is 0 Å². The minimum Gasteiger partial charge on any atom is -0.491 e. The van der Waals surface area contributed by atoms with Gasteiger partial charge >= 0.3 is 0 Å². The molecule has 0 radical (unpaired) electrons. The van der Waals surface area contributed by atoms with Gasteiger partial charge in [-0.3, -0.25) is 4.79 Å². The highest BCUT2D eigenvalue weighted by Gasteiger charge is 2.12. The average molecular weight is 365 g/mol. The molecule has 0 saturated carbocycles. The molecule has 142 valence electrons. The standard InChI is InChI=1S/C22H27N3O2/c1-16(2)18-8-4-7-11-21(18)27-15-14-25-20-10-6-5-9-19(20)24-22(25)12-13-23-17(3)26/h4-11,16H,12-15H2,1-3H3,(H,23,26). The highest BCUT2D eigenvalue weighted by Crippen LogP contribution is 2.26. The maximum absolute atomic E-state index is 11.1. The number of hydrogen-bond donors (Lipinski definition) is 1. The molecular weight excluding hydrogens is 338 g/mol. The first kappa shape index (κ1) is 19.0. The van der Waals surface area contributed by atoms with E-state index in [1.165, 1.54) is 12.5 Å². The van der Waals surface area contributed by atoms with Crippen LogP contribution in [0, 0.1) is 0 Å². The van der Waals surface area contributed by atoms with Crippen molar-refractivity contribution in [3.8, 4) is 5.75 Å². The molecule has 0 saturated heterocycles. The van der Waals surface area contributed by atoms with Crippen molar-refractivity contribution < 1.29 is 9.53 Å². The predicted octanol–water partition coefficient (Wildman–Crippen LogP) is 3.92. The van der Waals surface area contributed by atoms with Crippen LogP contribution in [0.2, 0.25) is 0 Å². The molecule has 0 bridgehead atoms. The number of benzene rings is 2. The minimum absolute atomic E-state index is 0.0220. The lowest BCUT2D eigenvalue weighted by atomic mass is 10.0. The third-order valence-electron chi connectivity index (χ3n) is 4.57. The maximum Gasteiger partial charge on any atom is 0.216 e. The predicted molar refractivity (Wildman–Crippen MR) is 108 cm³/mol.